The van der Waals surface area contributed by atoms with Gasteiger partial charge in [-0.05, 0) is 49.4 Å². The number of aryl methyl sites for hydroxylation is 3. The van der Waals surface area contributed by atoms with Crippen LogP contribution in [0, 0.1) is 13.8 Å². The number of benzene rings is 2. The molecular weight excluding hydrogens is 372 g/mol. The smallest absolute Gasteiger partial charge is 0.241 e. The van der Waals surface area contributed by atoms with Crippen molar-refractivity contribution in [2.75, 3.05) is 17.1 Å². The molecule has 0 aliphatic heterocycles. The Morgan fingerprint density at radius 3 is 2.36 bits per heavy atom. The van der Waals surface area contributed by atoms with E-state index in [9.17, 15) is 13.2 Å². The van der Waals surface area contributed by atoms with Crippen molar-refractivity contribution in [2.45, 2.75) is 46.6 Å². The summed E-state index contributed by atoms with van der Waals surface area (Å²) in [6.07, 6.45) is 2.54. The Labute approximate surface area is 168 Å². The number of hydrogen-bond acceptors (Lipinski definition) is 3. The lowest BCUT2D eigenvalue weighted by Gasteiger charge is -2.26. The summed E-state index contributed by atoms with van der Waals surface area (Å²) in [6, 6.07) is 13.3. The molecule has 0 saturated heterocycles. The molecule has 0 unspecified atom stereocenters. The molecule has 152 valence electrons. The zero-order valence-corrected chi connectivity index (χ0v) is 18.1. The first-order valence-corrected chi connectivity index (χ1v) is 11.4. The van der Waals surface area contributed by atoms with Crippen LogP contribution in [0.25, 0.3) is 0 Å². The number of rotatable bonds is 8. The number of amides is 1. The molecule has 5 nitrogen and oxygen atoms in total. The highest BCUT2D eigenvalue weighted by atomic mass is 32.2. The highest BCUT2D eigenvalue weighted by molar-refractivity contribution is 7.92. The third kappa shape index (κ3) is 5.35. The van der Waals surface area contributed by atoms with Crippen molar-refractivity contribution in [3.05, 3.63) is 64.7 Å². The molecule has 0 aliphatic rings. The van der Waals surface area contributed by atoms with Gasteiger partial charge in [-0.2, -0.15) is 0 Å². The molecule has 0 fully saturated rings. The summed E-state index contributed by atoms with van der Waals surface area (Å²) in [4.78, 5) is 12.8. The molecule has 6 heteroatoms. The van der Waals surface area contributed by atoms with Gasteiger partial charge in [-0.3, -0.25) is 9.10 Å². The van der Waals surface area contributed by atoms with Crippen molar-refractivity contribution in [3.63, 3.8) is 0 Å². The van der Waals surface area contributed by atoms with Crippen LogP contribution in [0.15, 0.2) is 42.5 Å². The number of hydrogen-bond donors (Lipinski definition) is 1. The van der Waals surface area contributed by atoms with Gasteiger partial charge in [0.05, 0.1) is 18.0 Å². The van der Waals surface area contributed by atoms with E-state index in [0.29, 0.717) is 12.1 Å². The fourth-order valence-corrected chi connectivity index (χ4v) is 4.31. The molecule has 0 spiro atoms. The van der Waals surface area contributed by atoms with Crippen LogP contribution in [0.5, 0.6) is 0 Å². The van der Waals surface area contributed by atoms with Crippen molar-refractivity contribution in [1.82, 2.24) is 5.32 Å². The van der Waals surface area contributed by atoms with E-state index in [4.69, 9.17) is 0 Å². The molecule has 0 aromatic heterocycles. The average Bonchev–Trinajstić information content (AvgIpc) is 2.63. The van der Waals surface area contributed by atoms with Gasteiger partial charge in [0.2, 0.25) is 15.9 Å². The van der Waals surface area contributed by atoms with Gasteiger partial charge in [-0.15, -0.1) is 0 Å². The molecule has 0 radical (unpaired) electrons. The molecule has 1 amide bonds. The van der Waals surface area contributed by atoms with Gasteiger partial charge >= 0.3 is 0 Å². The fourth-order valence-electron chi connectivity index (χ4n) is 3.42. The Kier molecular flexibility index (Phi) is 7.24. The second-order valence-electron chi connectivity index (χ2n) is 7.14. The molecule has 0 bridgehead atoms. The summed E-state index contributed by atoms with van der Waals surface area (Å²) >= 11 is 0. The molecular formula is C22H30N2O3S. The van der Waals surface area contributed by atoms with Crippen LogP contribution in [-0.4, -0.2) is 27.1 Å². The van der Waals surface area contributed by atoms with Crippen LogP contribution in [0.3, 0.4) is 0 Å². The van der Waals surface area contributed by atoms with E-state index in [-0.39, 0.29) is 18.5 Å². The van der Waals surface area contributed by atoms with Gasteiger partial charge in [-0.1, -0.05) is 55.8 Å². The van der Waals surface area contributed by atoms with Gasteiger partial charge < -0.3 is 5.32 Å². The SMILES string of the molecule is CCc1ccccc1N(CC(=O)N[C@H](CC)c1ccc(C)cc1C)S(C)(=O)=O. The van der Waals surface area contributed by atoms with Crippen LogP contribution in [-0.2, 0) is 21.2 Å². The summed E-state index contributed by atoms with van der Waals surface area (Å²) in [7, 11) is -3.59. The van der Waals surface area contributed by atoms with Crippen LogP contribution in [0.2, 0.25) is 0 Å². The third-order valence-electron chi connectivity index (χ3n) is 4.87. The Bertz CT molecular complexity index is 939. The van der Waals surface area contributed by atoms with E-state index >= 15 is 0 Å². The number of sulfonamides is 1. The lowest BCUT2D eigenvalue weighted by molar-refractivity contribution is -0.120. The predicted molar refractivity (Wildman–Crippen MR) is 115 cm³/mol. The van der Waals surface area contributed by atoms with Crippen LogP contribution < -0.4 is 9.62 Å². The van der Waals surface area contributed by atoms with Crippen molar-refractivity contribution in [3.8, 4) is 0 Å². The normalized spacial score (nSPS) is 12.5. The Balaban J connectivity index is 2.26. The largest absolute Gasteiger partial charge is 0.348 e. The molecule has 0 heterocycles. The number of para-hydroxylation sites is 1. The standard InChI is InChI=1S/C22H30N2O3S/c1-6-18-10-8-9-11-21(18)24(28(5,26)27)15-22(25)23-20(7-2)19-13-12-16(3)14-17(19)4/h8-14,20H,6-7,15H2,1-5H3,(H,23,25)/t20-/m1/s1. The first-order valence-electron chi connectivity index (χ1n) is 9.59. The second kappa shape index (κ2) is 9.24. The van der Waals surface area contributed by atoms with E-state index < -0.39 is 10.0 Å². The third-order valence-corrected chi connectivity index (χ3v) is 6.00. The zero-order valence-electron chi connectivity index (χ0n) is 17.3. The van der Waals surface area contributed by atoms with Gasteiger partial charge in [0, 0.05) is 0 Å². The molecule has 1 atom stereocenters. The van der Waals surface area contributed by atoms with Crippen LogP contribution >= 0.6 is 0 Å². The summed E-state index contributed by atoms with van der Waals surface area (Å²) in [5.74, 6) is -0.317. The number of anilines is 1. The lowest BCUT2D eigenvalue weighted by Crippen LogP contribution is -2.42. The first-order chi connectivity index (χ1) is 13.2. The number of carbonyl (C=O) groups is 1. The average molecular weight is 403 g/mol. The molecule has 28 heavy (non-hydrogen) atoms. The van der Waals surface area contributed by atoms with Crippen LogP contribution in [0.4, 0.5) is 5.69 Å². The van der Waals surface area contributed by atoms with Gasteiger partial charge in [0.15, 0.2) is 0 Å². The molecule has 2 aromatic carbocycles. The van der Waals surface area contributed by atoms with Crippen molar-refractivity contribution < 1.29 is 13.2 Å². The number of carbonyl (C=O) groups excluding carboxylic acids is 1. The Morgan fingerprint density at radius 1 is 1.11 bits per heavy atom. The van der Waals surface area contributed by atoms with E-state index in [1.54, 1.807) is 12.1 Å². The van der Waals surface area contributed by atoms with E-state index in [0.717, 1.165) is 29.4 Å². The molecule has 0 aliphatic carbocycles. The van der Waals surface area contributed by atoms with E-state index in [1.165, 1.54) is 9.87 Å². The summed E-state index contributed by atoms with van der Waals surface area (Å²) in [6.45, 7) is 7.79. The van der Waals surface area contributed by atoms with Crippen molar-refractivity contribution in [1.29, 1.82) is 0 Å². The second-order valence-corrected chi connectivity index (χ2v) is 9.05. The van der Waals surface area contributed by atoms with Gasteiger partial charge in [-0.25, -0.2) is 8.42 Å². The van der Waals surface area contributed by atoms with Crippen LogP contribution in [0.1, 0.15) is 48.6 Å². The first kappa shape index (κ1) is 22.0. The highest BCUT2D eigenvalue weighted by Gasteiger charge is 2.24. The molecule has 0 saturated carbocycles. The number of nitrogens with zero attached hydrogens (tertiary/aromatic N) is 1. The van der Waals surface area contributed by atoms with E-state index in [2.05, 4.69) is 11.4 Å². The topological polar surface area (TPSA) is 66.5 Å². The monoisotopic (exact) mass is 402 g/mol. The van der Waals surface area contributed by atoms with E-state index in [1.807, 2.05) is 52.0 Å². The van der Waals surface area contributed by atoms with Gasteiger partial charge in [0.25, 0.3) is 0 Å². The predicted octanol–water partition coefficient (Wildman–Crippen LogP) is 3.90. The highest BCUT2D eigenvalue weighted by Crippen LogP contribution is 2.24. The van der Waals surface area contributed by atoms with Crippen molar-refractivity contribution in [2.24, 2.45) is 0 Å². The summed E-state index contributed by atoms with van der Waals surface area (Å²) in [5.41, 5.74) is 4.79. The Morgan fingerprint density at radius 2 is 1.79 bits per heavy atom. The fraction of sp³-hybridized carbons (Fsp3) is 0.409. The summed E-state index contributed by atoms with van der Waals surface area (Å²) < 4.78 is 26.0. The molecule has 1 N–H and O–H groups in total. The molecule has 2 rings (SSSR count). The number of nitrogens with one attached hydrogen (secondary N) is 1. The Hall–Kier alpha value is -2.34. The minimum atomic E-state index is -3.59. The molecule has 2 aromatic rings. The quantitative estimate of drug-likeness (QED) is 0.728. The van der Waals surface area contributed by atoms with Gasteiger partial charge in [0.1, 0.15) is 6.54 Å². The maximum atomic E-state index is 12.8. The summed E-state index contributed by atoms with van der Waals surface area (Å²) in [5, 5.41) is 3.01. The minimum absolute atomic E-state index is 0.157. The lowest BCUT2D eigenvalue weighted by atomic mass is 9.97. The zero-order chi connectivity index (χ0) is 20.9. The minimum Gasteiger partial charge on any atom is -0.348 e. The van der Waals surface area contributed by atoms with Crippen molar-refractivity contribution >= 4 is 21.6 Å². The maximum absolute atomic E-state index is 12.8. The maximum Gasteiger partial charge on any atom is 0.241 e.